The van der Waals surface area contributed by atoms with Crippen LogP contribution in [0.15, 0.2) is 43.8 Å². The number of aryl methyl sites for hydroxylation is 2. The standard InChI is InChI=1S/C36H38F2N2S7/c1-7-11-46(12-8-2)23-15-19(5)41-33(23)35-25(46)17-21(43-35)27-29(37)30(38)28(32-31(27)39-45-40-32)22-18-26-36(44-22)34-24(16-20(6)42-34)47(26,13-9-3)14-10-4/h15-18H,7-14H2,1-6H3. The van der Waals surface area contributed by atoms with Crippen LogP contribution in [0.1, 0.15) is 63.1 Å². The second-order valence-electron chi connectivity index (χ2n) is 12.6. The fourth-order valence-corrected chi connectivity index (χ4v) is 24.5. The number of halogens is 2. The van der Waals surface area contributed by atoms with Gasteiger partial charge >= 0.3 is 0 Å². The summed E-state index contributed by atoms with van der Waals surface area (Å²) in [5, 5.41) is 0. The van der Waals surface area contributed by atoms with E-state index in [1.54, 1.807) is 22.7 Å². The van der Waals surface area contributed by atoms with Gasteiger partial charge in [-0.15, -0.1) is 45.3 Å². The highest BCUT2D eigenvalue weighted by atomic mass is 32.3. The van der Waals surface area contributed by atoms with E-state index in [0.717, 1.165) is 70.2 Å². The predicted molar refractivity (Wildman–Crippen MR) is 209 cm³/mol. The number of thiophene rings is 4. The van der Waals surface area contributed by atoms with Crippen LogP contribution in [0.4, 0.5) is 8.78 Å². The van der Waals surface area contributed by atoms with Gasteiger partial charge in [-0.2, -0.15) is 28.8 Å². The molecule has 0 bridgehead atoms. The molecule has 47 heavy (non-hydrogen) atoms. The normalized spacial score (nSPS) is 16.8. The zero-order valence-corrected chi connectivity index (χ0v) is 33.2. The summed E-state index contributed by atoms with van der Waals surface area (Å²) in [6.45, 7) is 13.4. The number of rotatable bonds is 10. The van der Waals surface area contributed by atoms with E-state index >= 15 is 8.78 Å². The predicted octanol–water partition coefficient (Wildman–Crippen LogP) is 14.2. The van der Waals surface area contributed by atoms with Crippen molar-refractivity contribution in [3.8, 4) is 40.4 Å². The molecule has 0 radical (unpaired) electrons. The van der Waals surface area contributed by atoms with Gasteiger partial charge in [0.2, 0.25) is 0 Å². The monoisotopic (exact) mass is 760 g/mol. The fraction of sp³-hybridized carbons (Fsp3) is 0.389. The molecule has 0 spiro atoms. The summed E-state index contributed by atoms with van der Waals surface area (Å²) in [5.74, 6) is 2.93. The SMILES string of the molecule is CCCS1(CCC)c2cc(C)sc2-c2sc(-c3c(F)c(F)c(-c4cc5c(s4)-c4sc(C)cc4S5(CCC)CCC)c4nsnc34)cc21. The quantitative estimate of drug-likeness (QED) is 0.139. The molecule has 7 heterocycles. The van der Waals surface area contributed by atoms with E-state index < -0.39 is 31.7 Å². The summed E-state index contributed by atoms with van der Waals surface area (Å²) >= 11 is 8.00. The molecule has 2 aliphatic heterocycles. The lowest BCUT2D eigenvalue weighted by Gasteiger charge is -2.37. The van der Waals surface area contributed by atoms with E-state index in [1.165, 1.54) is 48.8 Å². The number of hydrogen-bond donors (Lipinski definition) is 0. The van der Waals surface area contributed by atoms with Gasteiger partial charge in [0.05, 0.1) is 42.4 Å². The maximum absolute atomic E-state index is 16.7. The first kappa shape index (κ1) is 32.6. The van der Waals surface area contributed by atoms with Crippen molar-refractivity contribution in [1.29, 1.82) is 0 Å². The van der Waals surface area contributed by atoms with E-state index in [9.17, 15) is 0 Å². The zero-order chi connectivity index (χ0) is 32.8. The van der Waals surface area contributed by atoms with Crippen molar-refractivity contribution in [2.24, 2.45) is 0 Å². The fourth-order valence-electron chi connectivity index (χ4n) is 7.88. The van der Waals surface area contributed by atoms with E-state index in [4.69, 9.17) is 0 Å². The molecule has 2 aliphatic rings. The molecule has 0 aliphatic carbocycles. The van der Waals surface area contributed by atoms with Crippen molar-refractivity contribution < 1.29 is 8.78 Å². The van der Waals surface area contributed by atoms with Gasteiger partial charge < -0.3 is 0 Å². The third-order valence-electron chi connectivity index (χ3n) is 9.43. The molecule has 2 nitrogen and oxygen atoms in total. The van der Waals surface area contributed by atoms with Gasteiger partial charge in [0, 0.05) is 39.1 Å². The Morgan fingerprint density at radius 2 is 0.872 bits per heavy atom. The largest absolute Gasteiger partial charge is 0.203 e. The van der Waals surface area contributed by atoms with Crippen molar-refractivity contribution in [3.63, 3.8) is 0 Å². The summed E-state index contributed by atoms with van der Waals surface area (Å²) < 4.78 is 42.8. The van der Waals surface area contributed by atoms with Crippen molar-refractivity contribution in [2.75, 3.05) is 23.0 Å². The van der Waals surface area contributed by atoms with Crippen molar-refractivity contribution in [2.45, 2.75) is 86.8 Å². The Morgan fingerprint density at radius 1 is 0.532 bits per heavy atom. The van der Waals surface area contributed by atoms with Crippen LogP contribution < -0.4 is 0 Å². The van der Waals surface area contributed by atoms with E-state index in [0.29, 0.717) is 11.0 Å². The number of fused-ring (bicyclic) bond motifs is 7. The molecule has 8 rings (SSSR count). The van der Waals surface area contributed by atoms with Crippen LogP contribution in [0.2, 0.25) is 0 Å². The van der Waals surface area contributed by atoms with Crippen LogP contribution in [-0.4, -0.2) is 31.8 Å². The molecule has 0 N–H and O–H groups in total. The Kier molecular flexibility index (Phi) is 8.34. The van der Waals surface area contributed by atoms with Gasteiger partial charge in [-0.25, -0.2) is 8.78 Å². The number of hydrogen-bond acceptors (Lipinski definition) is 7. The molecule has 5 aromatic heterocycles. The minimum Gasteiger partial charge on any atom is -0.203 e. The van der Waals surface area contributed by atoms with Crippen molar-refractivity contribution in [1.82, 2.24) is 8.75 Å². The van der Waals surface area contributed by atoms with Crippen molar-refractivity contribution in [3.05, 3.63) is 45.7 Å². The topological polar surface area (TPSA) is 25.8 Å². The summed E-state index contributed by atoms with van der Waals surface area (Å²) in [6, 6.07) is 9.21. The van der Waals surface area contributed by atoms with Gasteiger partial charge in [-0.3, -0.25) is 0 Å². The maximum atomic E-state index is 16.7. The molecular formula is C36H38F2N2S7. The summed E-state index contributed by atoms with van der Waals surface area (Å²) in [7, 11) is -2.45. The molecule has 0 fully saturated rings. The minimum absolute atomic E-state index is 0.280. The van der Waals surface area contributed by atoms with E-state index in [2.05, 4.69) is 74.6 Å². The van der Waals surface area contributed by atoms with Crippen LogP contribution in [0, 0.1) is 25.5 Å². The van der Waals surface area contributed by atoms with E-state index in [1.807, 2.05) is 22.7 Å². The highest BCUT2D eigenvalue weighted by Crippen LogP contribution is 2.77. The Labute approximate surface area is 299 Å². The van der Waals surface area contributed by atoms with Crippen LogP contribution in [-0.2, 0) is 0 Å². The molecule has 11 heteroatoms. The molecule has 0 atom stereocenters. The molecule has 0 amide bonds. The molecular weight excluding hydrogens is 723 g/mol. The zero-order valence-electron chi connectivity index (χ0n) is 27.5. The Hall–Kier alpha value is -1.60. The first-order valence-corrected chi connectivity index (χ1v) is 24.4. The lowest BCUT2D eigenvalue weighted by Crippen LogP contribution is -2.07. The first-order chi connectivity index (χ1) is 22.7. The number of aromatic nitrogens is 2. The number of nitrogens with zero attached hydrogens (tertiary/aromatic N) is 2. The molecule has 1 aromatic carbocycles. The molecule has 248 valence electrons. The van der Waals surface area contributed by atoms with Gasteiger partial charge in [-0.1, -0.05) is 27.7 Å². The minimum atomic E-state index is -1.23. The van der Waals surface area contributed by atoms with Crippen LogP contribution in [0.3, 0.4) is 0 Å². The molecule has 0 unspecified atom stereocenters. The lowest BCUT2D eigenvalue weighted by molar-refractivity contribution is 0.516. The van der Waals surface area contributed by atoms with Gasteiger partial charge in [0.15, 0.2) is 11.6 Å². The second kappa shape index (κ2) is 12.0. The highest BCUT2D eigenvalue weighted by Gasteiger charge is 2.43. The molecule has 6 aromatic rings. The van der Waals surface area contributed by atoms with Crippen molar-refractivity contribution >= 4 is 88.2 Å². The maximum Gasteiger partial charge on any atom is 0.170 e. The Morgan fingerprint density at radius 3 is 1.23 bits per heavy atom. The van der Waals surface area contributed by atoms with Gasteiger partial charge in [0.25, 0.3) is 0 Å². The Bertz CT molecular complexity index is 2020. The number of benzene rings is 1. The van der Waals surface area contributed by atoms with Crippen LogP contribution in [0.25, 0.3) is 51.4 Å². The summed E-state index contributed by atoms with van der Waals surface area (Å²) in [4.78, 5) is 15.2. The lowest BCUT2D eigenvalue weighted by atomic mass is 10.0. The Balaban J connectivity index is 1.31. The van der Waals surface area contributed by atoms with Crippen LogP contribution in [0.5, 0.6) is 0 Å². The molecule has 0 saturated carbocycles. The highest BCUT2D eigenvalue weighted by molar-refractivity contribution is 8.34. The summed E-state index contributed by atoms with van der Waals surface area (Å²) in [6.07, 6.45) is 4.40. The van der Waals surface area contributed by atoms with Gasteiger partial charge in [0.1, 0.15) is 11.0 Å². The van der Waals surface area contributed by atoms with Gasteiger partial charge in [-0.05, 0) is 86.8 Å². The average molecular weight is 761 g/mol. The second-order valence-corrected chi connectivity index (χ2v) is 24.7. The first-order valence-electron chi connectivity index (χ1n) is 16.4. The van der Waals surface area contributed by atoms with Crippen LogP contribution >= 0.6 is 77.1 Å². The average Bonchev–Trinajstić information content (AvgIpc) is 3.88. The van der Waals surface area contributed by atoms with E-state index in [-0.39, 0.29) is 11.1 Å². The summed E-state index contributed by atoms with van der Waals surface area (Å²) in [5.41, 5.74) is 1.53. The molecule has 0 saturated heterocycles. The smallest absolute Gasteiger partial charge is 0.170 e. The third-order valence-corrected chi connectivity index (χ3v) is 24.3. The third kappa shape index (κ3) is 4.55.